The molecular formula is C37H52FN5O3. The fourth-order valence-electron chi connectivity index (χ4n) is 6.71. The quantitative estimate of drug-likeness (QED) is 0.333. The van der Waals surface area contributed by atoms with Gasteiger partial charge in [-0.05, 0) is 113 Å². The second-order valence-corrected chi connectivity index (χ2v) is 13.4. The minimum absolute atomic E-state index is 0.000691. The number of nitrogens with one attached hydrogen (secondary N) is 3. The van der Waals surface area contributed by atoms with Crippen LogP contribution in [0.5, 0.6) is 0 Å². The highest BCUT2D eigenvalue weighted by Gasteiger charge is 2.45. The number of anilines is 1. The molecule has 3 aliphatic carbocycles. The largest absolute Gasteiger partial charge is 0.329 e. The number of carbonyl (C=O) groups is 3. The molecule has 2 fully saturated rings. The summed E-state index contributed by atoms with van der Waals surface area (Å²) in [5.41, 5.74) is 0.177. The number of carbonyl (C=O) groups excluding carboxylic acids is 3. The maximum atomic E-state index is 13.9. The van der Waals surface area contributed by atoms with Crippen molar-refractivity contribution in [1.82, 2.24) is 20.5 Å². The number of amides is 3. The Kier molecular flexibility index (Phi) is 13.3. The van der Waals surface area contributed by atoms with Crippen LogP contribution in [0.4, 0.5) is 10.2 Å². The molecule has 250 valence electrons. The smallest absolute Gasteiger partial charge is 0.244 e. The molecule has 1 aliphatic heterocycles. The van der Waals surface area contributed by atoms with E-state index >= 15 is 0 Å². The van der Waals surface area contributed by atoms with Gasteiger partial charge in [0.05, 0.1) is 5.54 Å². The van der Waals surface area contributed by atoms with Crippen LogP contribution in [0.1, 0.15) is 91.4 Å². The molecular weight excluding hydrogens is 581 g/mol. The van der Waals surface area contributed by atoms with Gasteiger partial charge >= 0.3 is 0 Å². The first-order valence-electron chi connectivity index (χ1n) is 17.1. The van der Waals surface area contributed by atoms with E-state index in [9.17, 15) is 18.8 Å². The number of pyridine rings is 1. The minimum atomic E-state index is -0.548. The van der Waals surface area contributed by atoms with Crippen LogP contribution in [-0.4, -0.2) is 52.3 Å². The summed E-state index contributed by atoms with van der Waals surface area (Å²) >= 11 is 0. The van der Waals surface area contributed by atoms with Crippen LogP contribution in [0.2, 0.25) is 0 Å². The zero-order valence-corrected chi connectivity index (χ0v) is 27.8. The van der Waals surface area contributed by atoms with E-state index in [4.69, 9.17) is 0 Å². The molecule has 5 rings (SSSR count). The van der Waals surface area contributed by atoms with Crippen molar-refractivity contribution < 1.29 is 18.8 Å². The molecule has 0 bridgehead atoms. The molecule has 1 saturated carbocycles. The lowest BCUT2D eigenvalue weighted by atomic mass is 9.88. The van der Waals surface area contributed by atoms with Crippen LogP contribution in [0.25, 0.3) is 0 Å². The molecule has 46 heavy (non-hydrogen) atoms. The van der Waals surface area contributed by atoms with Gasteiger partial charge in [0.25, 0.3) is 0 Å². The first-order valence-corrected chi connectivity index (χ1v) is 17.1. The van der Waals surface area contributed by atoms with Crippen LogP contribution in [0, 0.1) is 17.8 Å². The fourth-order valence-corrected chi connectivity index (χ4v) is 6.71. The lowest BCUT2D eigenvalue weighted by Gasteiger charge is -2.36. The molecule has 1 aromatic rings. The van der Waals surface area contributed by atoms with E-state index in [0.29, 0.717) is 24.6 Å². The average molecular weight is 634 g/mol. The van der Waals surface area contributed by atoms with E-state index in [1.54, 1.807) is 23.2 Å². The lowest BCUT2D eigenvalue weighted by Crippen LogP contribution is -2.58. The van der Waals surface area contributed by atoms with Gasteiger partial charge in [0.1, 0.15) is 18.2 Å². The molecule has 4 aliphatic rings. The maximum absolute atomic E-state index is 13.9. The molecule has 8 nitrogen and oxygen atoms in total. The summed E-state index contributed by atoms with van der Waals surface area (Å²) in [5, 5.41) is 9.57. The summed E-state index contributed by atoms with van der Waals surface area (Å²) in [6.45, 7) is 7.24. The van der Waals surface area contributed by atoms with Crippen molar-refractivity contribution in [3.8, 4) is 0 Å². The van der Waals surface area contributed by atoms with Gasteiger partial charge in [-0.15, -0.1) is 0 Å². The summed E-state index contributed by atoms with van der Waals surface area (Å²) in [7, 11) is 0. The normalized spacial score (nSPS) is 30.4. The number of aromatic nitrogens is 1. The highest BCUT2D eigenvalue weighted by molar-refractivity contribution is 5.92. The minimum Gasteiger partial charge on any atom is -0.329 e. The van der Waals surface area contributed by atoms with Gasteiger partial charge in [0.15, 0.2) is 0 Å². The molecule has 1 aromatic heterocycles. The van der Waals surface area contributed by atoms with Crippen molar-refractivity contribution in [2.45, 2.75) is 103 Å². The van der Waals surface area contributed by atoms with E-state index in [1.165, 1.54) is 6.08 Å². The molecule has 9 heteroatoms. The Hall–Kier alpha value is -3.59. The van der Waals surface area contributed by atoms with E-state index in [2.05, 4.69) is 34.8 Å². The van der Waals surface area contributed by atoms with Crippen molar-refractivity contribution in [2.75, 3.05) is 18.4 Å². The Morgan fingerprint density at radius 3 is 2.59 bits per heavy atom. The number of nitrogens with zero attached hydrogens (tertiary/aromatic N) is 2. The van der Waals surface area contributed by atoms with Crippen LogP contribution in [-0.2, 0) is 14.4 Å². The predicted molar refractivity (Wildman–Crippen MR) is 181 cm³/mol. The highest BCUT2D eigenvalue weighted by atomic mass is 19.1. The van der Waals surface area contributed by atoms with Gasteiger partial charge in [-0.1, -0.05) is 51.0 Å². The first kappa shape index (κ1) is 35.3. The first-order chi connectivity index (χ1) is 22.1. The third kappa shape index (κ3) is 10.5. The fraction of sp³-hybridized carbons (Fsp3) is 0.568. The van der Waals surface area contributed by atoms with E-state index in [-0.39, 0.29) is 48.0 Å². The maximum Gasteiger partial charge on any atom is 0.244 e. The summed E-state index contributed by atoms with van der Waals surface area (Å²) in [6, 6.07) is 5.45. The van der Waals surface area contributed by atoms with E-state index in [0.717, 1.165) is 70.0 Å². The second-order valence-electron chi connectivity index (χ2n) is 13.4. The molecule has 5 atom stereocenters. The molecule has 3 N–H and O–H groups in total. The molecule has 0 radical (unpaired) electrons. The van der Waals surface area contributed by atoms with Crippen molar-refractivity contribution in [2.24, 2.45) is 17.8 Å². The third-order valence-corrected chi connectivity index (χ3v) is 9.57. The Morgan fingerprint density at radius 2 is 1.87 bits per heavy atom. The van der Waals surface area contributed by atoms with Gasteiger partial charge in [-0.2, -0.15) is 0 Å². The van der Waals surface area contributed by atoms with Crippen LogP contribution < -0.4 is 16.0 Å². The monoisotopic (exact) mass is 633 g/mol. The van der Waals surface area contributed by atoms with E-state index < -0.39 is 5.54 Å². The van der Waals surface area contributed by atoms with Gasteiger partial charge in [-0.25, -0.2) is 9.37 Å². The molecule has 3 amide bonds. The van der Waals surface area contributed by atoms with Crippen molar-refractivity contribution >= 4 is 23.5 Å². The van der Waals surface area contributed by atoms with Gasteiger partial charge < -0.3 is 20.9 Å². The van der Waals surface area contributed by atoms with Crippen LogP contribution in [0.3, 0.4) is 0 Å². The Labute approximate surface area is 274 Å². The Morgan fingerprint density at radius 1 is 1.02 bits per heavy atom. The van der Waals surface area contributed by atoms with Crippen molar-refractivity contribution in [3.05, 3.63) is 72.4 Å². The molecule has 1 saturated heterocycles. The summed E-state index contributed by atoms with van der Waals surface area (Å²) in [6.07, 6.45) is 22.2. The number of rotatable bonds is 5. The lowest BCUT2D eigenvalue weighted by molar-refractivity contribution is -0.143. The summed E-state index contributed by atoms with van der Waals surface area (Å²) in [4.78, 5) is 46.0. The average Bonchev–Trinajstić information content (AvgIpc) is 3.24. The van der Waals surface area contributed by atoms with Gasteiger partial charge in [0, 0.05) is 23.9 Å². The molecule has 1 spiro atoms. The Bertz CT molecular complexity index is 1310. The SMILES string of the molecule is CC1/C=C\C(NC(=O)CN2C(=O)C3(CCCC(C)CC3)NCCC2C)=C/CCC(C(=O)Nc2ccccn2)C1.FC1=CCCC=C1. The van der Waals surface area contributed by atoms with E-state index in [1.807, 2.05) is 43.4 Å². The topological polar surface area (TPSA) is 103 Å². The number of halogens is 1. The summed E-state index contributed by atoms with van der Waals surface area (Å²) in [5.74, 6) is 0.972. The van der Waals surface area contributed by atoms with Crippen LogP contribution >= 0.6 is 0 Å². The third-order valence-electron chi connectivity index (χ3n) is 9.57. The summed E-state index contributed by atoms with van der Waals surface area (Å²) < 4.78 is 12.0. The predicted octanol–water partition coefficient (Wildman–Crippen LogP) is 6.75. The number of hydrogen-bond donors (Lipinski definition) is 3. The highest BCUT2D eigenvalue weighted by Crippen LogP contribution is 2.34. The standard InChI is InChI=1S/C31H45N5O3.C6H7F/c1-22-8-7-16-31(17-14-22)30(39)36(24(3)15-19-33-31)21-28(37)34-26-10-6-9-25(20-23(2)12-13-26)29(38)35-27-11-4-5-18-32-27;7-6-4-2-1-3-5-6/h4-5,10-13,18,22-25,33H,6-9,14-17,19-21H2,1-3H3,(H,34,37)(H,32,35,38);2,4-5H,1,3H2/b13-12-,26-10+;. The Balaban J connectivity index is 0.000000606. The molecule has 2 heterocycles. The van der Waals surface area contributed by atoms with Crippen molar-refractivity contribution in [3.63, 3.8) is 0 Å². The van der Waals surface area contributed by atoms with Gasteiger partial charge in [0.2, 0.25) is 17.7 Å². The number of allylic oxidation sites excluding steroid dienone is 7. The van der Waals surface area contributed by atoms with Crippen molar-refractivity contribution in [1.29, 1.82) is 0 Å². The molecule has 0 aromatic carbocycles. The zero-order chi connectivity index (χ0) is 32.9. The zero-order valence-electron chi connectivity index (χ0n) is 27.8. The van der Waals surface area contributed by atoms with Gasteiger partial charge in [-0.3, -0.25) is 14.4 Å². The van der Waals surface area contributed by atoms with Crippen LogP contribution in [0.15, 0.2) is 72.4 Å². The number of hydrogen-bond acceptors (Lipinski definition) is 5. The molecule has 5 unspecified atom stereocenters. The second kappa shape index (κ2) is 17.4.